The van der Waals surface area contributed by atoms with Gasteiger partial charge >= 0.3 is 0 Å². The molecular weight excluding hydrogens is 270 g/mol. The summed E-state index contributed by atoms with van der Waals surface area (Å²) in [4.78, 5) is 11.7. The number of benzene rings is 1. The first-order valence-corrected chi connectivity index (χ1v) is 7.62. The van der Waals surface area contributed by atoms with Crippen LogP contribution in [-0.2, 0) is 11.2 Å². The van der Waals surface area contributed by atoms with Gasteiger partial charge in [-0.25, -0.2) is 0 Å². The van der Waals surface area contributed by atoms with E-state index in [0.29, 0.717) is 6.42 Å². The van der Waals surface area contributed by atoms with Crippen LogP contribution in [0.4, 0.5) is 0 Å². The quantitative estimate of drug-likeness (QED) is 0.859. The molecule has 2 N–H and O–H groups in total. The lowest BCUT2D eigenvalue weighted by Crippen LogP contribution is -2.28. The van der Waals surface area contributed by atoms with Crippen molar-refractivity contribution in [2.24, 2.45) is 0 Å². The van der Waals surface area contributed by atoms with E-state index >= 15 is 0 Å². The van der Waals surface area contributed by atoms with E-state index in [2.05, 4.69) is 10.7 Å². The number of aliphatic hydroxyl groups is 1. The topological polar surface area (TPSA) is 49.3 Å². The molecule has 0 bridgehead atoms. The number of nitrogens with one attached hydrogen (secondary N) is 1. The van der Waals surface area contributed by atoms with Crippen LogP contribution < -0.4 is 5.32 Å². The summed E-state index contributed by atoms with van der Waals surface area (Å²) in [5, 5.41) is 16.9. The highest BCUT2D eigenvalue weighted by atomic mass is 32.1. The Morgan fingerprint density at radius 1 is 1.35 bits per heavy atom. The fourth-order valence-corrected chi connectivity index (χ4v) is 2.77. The number of aryl methyl sites for hydroxylation is 2. The smallest absolute Gasteiger partial charge is 0.220 e. The van der Waals surface area contributed by atoms with Crippen LogP contribution in [0.15, 0.2) is 41.1 Å². The molecule has 0 aliphatic heterocycles. The second-order valence-corrected chi connectivity index (χ2v) is 5.59. The van der Waals surface area contributed by atoms with E-state index in [1.165, 1.54) is 5.56 Å². The molecule has 20 heavy (non-hydrogen) atoms. The highest BCUT2D eigenvalue weighted by Crippen LogP contribution is 2.16. The maximum atomic E-state index is 11.7. The third-order valence-corrected chi connectivity index (χ3v) is 3.99. The van der Waals surface area contributed by atoms with Crippen LogP contribution in [0.1, 0.15) is 29.2 Å². The predicted molar refractivity (Wildman–Crippen MR) is 81.8 cm³/mol. The maximum Gasteiger partial charge on any atom is 0.220 e. The SMILES string of the molecule is Cc1ccccc1[C@H](O)CNC(=O)CCc1ccsc1. The summed E-state index contributed by atoms with van der Waals surface area (Å²) in [7, 11) is 0. The summed E-state index contributed by atoms with van der Waals surface area (Å²) >= 11 is 1.64. The van der Waals surface area contributed by atoms with Crippen LogP contribution in [0.3, 0.4) is 0 Å². The van der Waals surface area contributed by atoms with Crippen molar-refractivity contribution < 1.29 is 9.90 Å². The van der Waals surface area contributed by atoms with E-state index in [1.54, 1.807) is 11.3 Å². The molecule has 0 unspecified atom stereocenters. The molecule has 0 aliphatic carbocycles. The van der Waals surface area contributed by atoms with Crippen molar-refractivity contribution in [1.29, 1.82) is 0 Å². The van der Waals surface area contributed by atoms with Crippen molar-refractivity contribution >= 4 is 17.2 Å². The van der Waals surface area contributed by atoms with Crippen LogP contribution in [0.5, 0.6) is 0 Å². The summed E-state index contributed by atoms with van der Waals surface area (Å²) in [5.74, 6) is -0.0242. The predicted octanol–water partition coefficient (Wildman–Crippen LogP) is 2.84. The van der Waals surface area contributed by atoms with Crippen molar-refractivity contribution in [1.82, 2.24) is 5.32 Å². The Morgan fingerprint density at radius 3 is 2.85 bits per heavy atom. The van der Waals surface area contributed by atoms with Gasteiger partial charge in [0.1, 0.15) is 0 Å². The Hall–Kier alpha value is -1.65. The van der Waals surface area contributed by atoms with Crippen LogP contribution >= 0.6 is 11.3 Å². The van der Waals surface area contributed by atoms with Crippen molar-refractivity contribution in [3.05, 3.63) is 57.8 Å². The van der Waals surface area contributed by atoms with Crippen molar-refractivity contribution in [2.45, 2.75) is 25.9 Å². The highest BCUT2D eigenvalue weighted by Gasteiger charge is 2.11. The van der Waals surface area contributed by atoms with Crippen molar-refractivity contribution in [3.8, 4) is 0 Å². The zero-order valence-corrected chi connectivity index (χ0v) is 12.3. The second-order valence-electron chi connectivity index (χ2n) is 4.81. The Bertz CT molecular complexity index is 551. The van der Waals surface area contributed by atoms with Crippen LogP contribution in [0.25, 0.3) is 0 Å². The number of rotatable bonds is 6. The molecular formula is C16H19NO2S. The molecule has 0 saturated heterocycles. The maximum absolute atomic E-state index is 11.7. The lowest BCUT2D eigenvalue weighted by Gasteiger charge is -2.14. The van der Waals surface area contributed by atoms with Crippen molar-refractivity contribution in [2.75, 3.05) is 6.54 Å². The van der Waals surface area contributed by atoms with Gasteiger partial charge in [-0.3, -0.25) is 4.79 Å². The van der Waals surface area contributed by atoms with Crippen molar-refractivity contribution in [3.63, 3.8) is 0 Å². The molecule has 106 valence electrons. The number of carbonyl (C=O) groups excluding carboxylic acids is 1. The van der Waals surface area contributed by atoms with Crippen LogP contribution in [-0.4, -0.2) is 17.6 Å². The largest absolute Gasteiger partial charge is 0.387 e. The molecule has 0 aliphatic rings. The monoisotopic (exact) mass is 289 g/mol. The minimum absolute atomic E-state index is 0.0242. The molecule has 0 fully saturated rings. The highest BCUT2D eigenvalue weighted by molar-refractivity contribution is 7.07. The Balaban J connectivity index is 1.77. The normalized spacial score (nSPS) is 12.1. The van der Waals surface area contributed by atoms with E-state index in [0.717, 1.165) is 17.5 Å². The van der Waals surface area contributed by atoms with Gasteiger partial charge in [0.2, 0.25) is 5.91 Å². The first-order chi connectivity index (χ1) is 9.66. The van der Waals surface area contributed by atoms with E-state index in [9.17, 15) is 9.90 Å². The zero-order valence-electron chi connectivity index (χ0n) is 11.5. The summed E-state index contributed by atoms with van der Waals surface area (Å²) in [6, 6.07) is 9.70. The summed E-state index contributed by atoms with van der Waals surface area (Å²) in [6.45, 7) is 2.21. The molecule has 1 amide bonds. The molecule has 4 heteroatoms. The Labute approximate surface area is 123 Å². The number of aliphatic hydroxyl groups excluding tert-OH is 1. The van der Waals surface area contributed by atoms with E-state index in [1.807, 2.05) is 42.6 Å². The first-order valence-electron chi connectivity index (χ1n) is 6.68. The second kappa shape index (κ2) is 7.22. The minimum Gasteiger partial charge on any atom is -0.387 e. The van der Waals surface area contributed by atoms with E-state index in [4.69, 9.17) is 0 Å². The number of thiophene rings is 1. The lowest BCUT2D eigenvalue weighted by molar-refractivity contribution is -0.121. The molecule has 3 nitrogen and oxygen atoms in total. The average molecular weight is 289 g/mol. The van der Waals surface area contributed by atoms with Gasteiger partial charge in [0.05, 0.1) is 6.10 Å². The lowest BCUT2D eigenvalue weighted by atomic mass is 10.0. The van der Waals surface area contributed by atoms with Gasteiger partial charge in [0.15, 0.2) is 0 Å². The number of hydrogen-bond acceptors (Lipinski definition) is 3. The Morgan fingerprint density at radius 2 is 2.15 bits per heavy atom. The van der Waals surface area contributed by atoms with Gasteiger partial charge in [-0.15, -0.1) is 0 Å². The van der Waals surface area contributed by atoms with Gasteiger partial charge in [-0.2, -0.15) is 11.3 Å². The third kappa shape index (κ3) is 4.18. The van der Waals surface area contributed by atoms with Gasteiger partial charge in [-0.1, -0.05) is 24.3 Å². The molecule has 2 rings (SSSR count). The zero-order chi connectivity index (χ0) is 14.4. The molecule has 1 aromatic carbocycles. The number of hydrogen-bond donors (Lipinski definition) is 2. The number of carbonyl (C=O) groups is 1. The Kier molecular flexibility index (Phi) is 5.32. The summed E-state index contributed by atoms with van der Waals surface area (Å²) in [6.07, 6.45) is 0.550. The van der Waals surface area contributed by atoms with E-state index < -0.39 is 6.10 Å². The van der Waals surface area contributed by atoms with Gasteiger partial charge in [-0.05, 0) is 46.9 Å². The fourth-order valence-electron chi connectivity index (χ4n) is 2.06. The molecule has 1 aromatic heterocycles. The van der Waals surface area contributed by atoms with Crippen LogP contribution in [0, 0.1) is 6.92 Å². The number of amides is 1. The van der Waals surface area contributed by atoms with Gasteiger partial charge < -0.3 is 10.4 Å². The minimum atomic E-state index is -0.652. The van der Waals surface area contributed by atoms with Gasteiger partial charge in [0, 0.05) is 13.0 Å². The first kappa shape index (κ1) is 14.8. The van der Waals surface area contributed by atoms with Gasteiger partial charge in [0.25, 0.3) is 0 Å². The van der Waals surface area contributed by atoms with Crippen LogP contribution in [0.2, 0.25) is 0 Å². The molecule has 0 spiro atoms. The molecule has 0 radical (unpaired) electrons. The summed E-state index contributed by atoms with van der Waals surface area (Å²) < 4.78 is 0. The molecule has 1 atom stereocenters. The standard InChI is InChI=1S/C16H19NO2S/c1-12-4-2-3-5-14(12)15(18)10-17-16(19)7-6-13-8-9-20-11-13/h2-5,8-9,11,15,18H,6-7,10H2,1H3,(H,17,19)/t15-/m1/s1. The summed E-state index contributed by atoms with van der Waals surface area (Å²) in [5.41, 5.74) is 3.09. The molecule has 2 aromatic rings. The fraction of sp³-hybridized carbons (Fsp3) is 0.312. The molecule has 1 heterocycles. The average Bonchev–Trinajstić information content (AvgIpc) is 2.96. The third-order valence-electron chi connectivity index (χ3n) is 3.26. The molecule has 0 saturated carbocycles. The van der Waals surface area contributed by atoms with E-state index in [-0.39, 0.29) is 12.5 Å².